The number of anilines is 1. The van der Waals surface area contributed by atoms with E-state index in [-0.39, 0.29) is 12.0 Å². The van der Waals surface area contributed by atoms with Crippen molar-refractivity contribution in [3.8, 4) is 5.75 Å². The van der Waals surface area contributed by atoms with Crippen LogP contribution >= 0.6 is 0 Å². The standard InChI is InChI=1S/C12H15NO2/c1-4-12(14)13-10-7-5-6-8-11(10)15-9(2)3/h4-9H,1H2,2-3H3,(H,13,14). The summed E-state index contributed by atoms with van der Waals surface area (Å²) in [5.74, 6) is 0.428. The van der Waals surface area contributed by atoms with E-state index in [0.717, 1.165) is 0 Å². The Morgan fingerprint density at radius 3 is 2.73 bits per heavy atom. The first-order chi connectivity index (χ1) is 7.13. The zero-order valence-electron chi connectivity index (χ0n) is 8.99. The van der Waals surface area contributed by atoms with Crippen LogP contribution in [0, 0.1) is 0 Å². The SMILES string of the molecule is C=CC(=O)Nc1ccccc1OC(C)C. The van der Waals surface area contributed by atoms with Gasteiger partial charge in [-0.05, 0) is 32.1 Å². The zero-order chi connectivity index (χ0) is 11.3. The van der Waals surface area contributed by atoms with Gasteiger partial charge in [-0.1, -0.05) is 18.7 Å². The second kappa shape index (κ2) is 5.20. The smallest absolute Gasteiger partial charge is 0.247 e. The van der Waals surface area contributed by atoms with Crippen LogP contribution in [0.2, 0.25) is 0 Å². The van der Waals surface area contributed by atoms with E-state index < -0.39 is 0 Å². The normalized spacial score (nSPS) is 9.80. The maximum absolute atomic E-state index is 11.1. The molecular formula is C12H15NO2. The summed E-state index contributed by atoms with van der Waals surface area (Å²) in [7, 11) is 0. The highest BCUT2D eigenvalue weighted by molar-refractivity contribution is 5.99. The minimum atomic E-state index is -0.241. The molecule has 0 aromatic heterocycles. The van der Waals surface area contributed by atoms with Gasteiger partial charge in [0.1, 0.15) is 5.75 Å². The fourth-order valence-electron chi connectivity index (χ4n) is 1.11. The number of carbonyl (C=O) groups is 1. The predicted octanol–water partition coefficient (Wildman–Crippen LogP) is 2.60. The highest BCUT2D eigenvalue weighted by atomic mass is 16.5. The van der Waals surface area contributed by atoms with E-state index in [1.807, 2.05) is 32.0 Å². The molecule has 0 bridgehead atoms. The van der Waals surface area contributed by atoms with Gasteiger partial charge in [-0.2, -0.15) is 0 Å². The number of para-hydroxylation sites is 2. The number of hydrogen-bond donors (Lipinski definition) is 1. The second-order valence-electron chi connectivity index (χ2n) is 3.36. The molecule has 0 radical (unpaired) electrons. The van der Waals surface area contributed by atoms with E-state index in [1.54, 1.807) is 6.07 Å². The monoisotopic (exact) mass is 205 g/mol. The fourth-order valence-corrected chi connectivity index (χ4v) is 1.11. The fraction of sp³-hybridized carbons (Fsp3) is 0.250. The molecule has 0 saturated carbocycles. The Morgan fingerprint density at radius 1 is 1.47 bits per heavy atom. The molecule has 1 aromatic carbocycles. The topological polar surface area (TPSA) is 38.3 Å². The Labute approximate surface area is 89.8 Å². The van der Waals surface area contributed by atoms with Crippen molar-refractivity contribution in [3.05, 3.63) is 36.9 Å². The Hall–Kier alpha value is -1.77. The van der Waals surface area contributed by atoms with Crippen molar-refractivity contribution >= 4 is 11.6 Å². The highest BCUT2D eigenvalue weighted by Crippen LogP contribution is 2.24. The Balaban J connectivity index is 2.85. The molecule has 1 aromatic rings. The summed E-state index contributed by atoms with van der Waals surface area (Å²) in [6.45, 7) is 7.27. The number of nitrogens with one attached hydrogen (secondary N) is 1. The van der Waals surface area contributed by atoms with E-state index in [1.165, 1.54) is 6.08 Å². The number of hydrogen-bond acceptors (Lipinski definition) is 2. The Morgan fingerprint density at radius 2 is 2.13 bits per heavy atom. The van der Waals surface area contributed by atoms with Gasteiger partial charge in [0, 0.05) is 0 Å². The van der Waals surface area contributed by atoms with Crippen LogP contribution in [0.3, 0.4) is 0 Å². The number of carbonyl (C=O) groups excluding carboxylic acids is 1. The van der Waals surface area contributed by atoms with Crippen LogP contribution in [0.1, 0.15) is 13.8 Å². The lowest BCUT2D eigenvalue weighted by Gasteiger charge is -2.13. The first-order valence-electron chi connectivity index (χ1n) is 4.82. The molecule has 0 atom stereocenters. The van der Waals surface area contributed by atoms with Crippen LogP contribution in [-0.2, 0) is 4.79 Å². The van der Waals surface area contributed by atoms with Gasteiger partial charge in [-0.15, -0.1) is 0 Å². The second-order valence-corrected chi connectivity index (χ2v) is 3.36. The van der Waals surface area contributed by atoms with Gasteiger partial charge in [0.05, 0.1) is 11.8 Å². The summed E-state index contributed by atoms with van der Waals surface area (Å²) in [5, 5.41) is 2.68. The van der Waals surface area contributed by atoms with Crippen LogP contribution in [0.5, 0.6) is 5.75 Å². The molecule has 0 aliphatic heterocycles. The molecule has 15 heavy (non-hydrogen) atoms. The lowest BCUT2D eigenvalue weighted by Crippen LogP contribution is -2.11. The lowest BCUT2D eigenvalue weighted by atomic mass is 10.3. The molecule has 0 aliphatic carbocycles. The number of ether oxygens (including phenoxy) is 1. The summed E-state index contributed by atoms with van der Waals surface area (Å²) in [5.41, 5.74) is 0.663. The lowest BCUT2D eigenvalue weighted by molar-refractivity contribution is -0.111. The van der Waals surface area contributed by atoms with Gasteiger partial charge in [0.15, 0.2) is 0 Å². The molecule has 1 rings (SSSR count). The van der Waals surface area contributed by atoms with Crippen LogP contribution < -0.4 is 10.1 Å². The summed E-state index contributed by atoms with van der Waals surface area (Å²) in [4.78, 5) is 11.1. The minimum Gasteiger partial charge on any atom is -0.489 e. The van der Waals surface area contributed by atoms with Gasteiger partial charge in [0.2, 0.25) is 5.91 Å². The van der Waals surface area contributed by atoms with Gasteiger partial charge < -0.3 is 10.1 Å². The van der Waals surface area contributed by atoms with E-state index >= 15 is 0 Å². The number of benzene rings is 1. The van der Waals surface area contributed by atoms with Crippen molar-refractivity contribution in [3.63, 3.8) is 0 Å². The largest absolute Gasteiger partial charge is 0.489 e. The first kappa shape index (κ1) is 11.3. The average Bonchev–Trinajstić information content (AvgIpc) is 2.20. The van der Waals surface area contributed by atoms with E-state index in [9.17, 15) is 4.79 Å². The molecule has 1 N–H and O–H groups in total. The molecule has 1 amide bonds. The molecule has 0 aliphatic rings. The van der Waals surface area contributed by atoms with Gasteiger partial charge in [-0.3, -0.25) is 4.79 Å². The molecule has 0 unspecified atom stereocenters. The number of rotatable bonds is 4. The van der Waals surface area contributed by atoms with Crippen molar-refractivity contribution in [1.29, 1.82) is 0 Å². The van der Waals surface area contributed by atoms with Crippen molar-refractivity contribution < 1.29 is 9.53 Å². The van der Waals surface area contributed by atoms with E-state index in [4.69, 9.17) is 4.74 Å². The van der Waals surface area contributed by atoms with Crippen LogP contribution in [0.15, 0.2) is 36.9 Å². The quantitative estimate of drug-likeness (QED) is 0.767. The zero-order valence-corrected chi connectivity index (χ0v) is 8.99. The molecule has 0 spiro atoms. The minimum absolute atomic E-state index is 0.0757. The molecule has 0 fully saturated rings. The first-order valence-corrected chi connectivity index (χ1v) is 4.82. The predicted molar refractivity (Wildman–Crippen MR) is 61.0 cm³/mol. The summed E-state index contributed by atoms with van der Waals surface area (Å²) in [6.07, 6.45) is 1.30. The maximum Gasteiger partial charge on any atom is 0.247 e. The third-order valence-corrected chi connectivity index (χ3v) is 1.69. The van der Waals surface area contributed by atoms with Crippen molar-refractivity contribution in [2.75, 3.05) is 5.32 Å². The van der Waals surface area contributed by atoms with Gasteiger partial charge >= 0.3 is 0 Å². The molecule has 80 valence electrons. The number of amides is 1. The maximum atomic E-state index is 11.1. The molecule has 3 heteroatoms. The van der Waals surface area contributed by atoms with Crippen molar-refractivity contribution in [2.45, 2.75) is 20.0 Å². The summed E-state index contributed by atoms with van der Waals surface area (Å²) in [6, 6.07) is 7.31. The highest BCUT2D eigenvalue weighted by Gasteiger charge is 2.05. The summed E-state index contributed by atoms with van der Waals surface area (Å²) >= 11 is 0. The third kappa shape index (κ3) is 3.46. The van der Waals surface area contributed by atoms with Crippen LogP contribution in [0.25, 0.3) is 0 Å². The van der Waals surface area contributed by atoms with Gasteiger partial charge in [0.25, 0.3) is 0 Å². The van der Waals surface area contributed by atoms with Crippen molar-refractivity contribution in [1.82, 2.24) is 0 Å². The molecule has 0 heterocycles. The Bertz CT molecular complexity index is 358. The third-order valence-electron chi connectivity index (χ3n) is 1.69. The molecule has 0 saturated heterocycles. The average molecular weight is 205 g/mol. The summed E-state index contributed by atoms with van der Waals surface area (Å²) < 4.78 is 5.54. The molecule has 3 nitrogen and oxygen atoms in total. The van der Waals surface area contributed by atoms with E-state index in [2.05, 4.69) is 11.9 Å². The van der Waals surface area contributed by atoms with Crippen LogP contribution in [-0.4, -0.2) is 12.0 Å². The molecular weight excluding hydrogens is 190 g/mol. The van der Waals surface area contributed by atoms with Gasteiger partial charge in [-0.25, -0.2) is 0 Å². The Kier molecular flexibility index (Phi) is 3.92. The van der Waals surface area contributed by atoms with E-state index in [0.29, 0.717) is 11.4 Å². The van der Waals surface area contributed by atoms with Crippen molar-refractivity contribution in [2.24, 2.45) is 0 Å². The van der Waals surface area contributed by atoms with Crippen LogP contribution in [0.4, 0.5) is 5.69 Å².